The Kier molecular flexibility index (Phi) is 3.91. The highest BCUT2D eigenvalue weighted by molar-refractivity contribution is 9.10. The molecule has 2 rings (SSSR count). The lowest BCUT2D eigenvalue weighted by molar-refractivity contribution is 1.35. The van der Waals surface area contributed by atoms with Gasteiger partial charge in [0.15, 0.2) is 0 Å². The minimum Gasteiger partial charge on any atom is -0.100 e. The Balaban J connectivity index is 2.44. The quantitative estimate of drug-likeness (QED) is 0.633. The Labute approximate surface area is 113 Å². The van der Waals surface area contributed by atoms with Gasteiger partial charge in [0, 0.05) is 4.47 Å². The summed E-state index contributed by atoms with van der Waals surface area (Å²) in [5.74, 6) is 0. The maximum atomic E-state index is 5.85. The highest BCUT2D eigenvalue weighted by Gasteiger charge is 2.05. The average molecular weight is 316 g/mol. The molecular formula is C13H9BrCl2. The van der Waals surface area contributed by atoms with E-state index in [4.69, 9.17) is 23.2 Å². The smallest absolute Gasteiger partial charge is 0.100 e. The van der Waals surface area contributed by atoms with Crippen molar-refractivity contribution in [2.45, 2.75) is 4.84 Å². The van der Waals surface area contributed by atoms with Crippen LogP contribution in [0.25, 0.3) is 11.1 Å². The first kappa shape index (κ1) is 12.0. The van der Waals surface area contributed by atoms with Gasteiger partial charge in [0.05, 0.1) is 0 Å². The predicted octanol–water partition coefficient (Wildman–Crippen LogP) is 5.59. The minimum atomic E-state index is -0.480. The first-order chi connectivity index (χ1) is 7.66. The van der Waals surface area contributed by atoms with E-state index < -0.39 is 4.84 Å². The summed E-state index contributed by atoms with van der Waals surface area (Å²) in [6, 6.07) is 16.1. The maximum absolute atomic E-state index is 5.85. The molecule has 0 bridgehead atoms. The van der Waals surface area contributed by atoms with Crippen LogP contribution in [0.15, 0.2) is 53.0 Å². The van der Waals surface area contributed by atoms with Crippen LogP contribution in [0.5, 0.6) is 0 Å². The van der Waals surface area contributed by atoms with Crippen LogP contribution in [0.4, 0.5) is 0 Å². The number of hydrogen-bond acceptors (Lipinski definition) is 0. The van der Waals surface area contributed by atoms with Gasteiger partial charge in [-0.25, -0.2) is 0 Å². The topological polar surface area (TPSA) is 0 Å². The van der Waals surface area contributed by atoms with Crippen LogP contribution < -0.4 is 0 Å². The van der Waals surface area contributed by atoms with Crippen LogP contribution in [0.1, 0.15) is 10.4 Å². The third kappa shape index (κ3) is 2.79. The van der Waals surface area contributed by atoms with Crippen molar-refractivity contribution in [3.8, 4) is 11.1 Å². The SMILES string of the molecule is ClC(Cl)c1cccc(-c2cccc(Br)c2)c1. The normalized spacial score (nSPS) is 10.8. The summed E-state index contributed by atoms with van der Waals surface area (Å²) in [7, 11) is 0. The summed E-state index contributed by atoms with van der Waals surface area (Å²) in [4.78, 5) is -0.480. The lowest BCUT2D eigenvalue weighted by atomic mass is 10.0. The molecule has 0 amide bonds. The molecule has 0 saturated carbocycles. The number of alkyl halides is 2. The van der Waals surface area contributed by atoms with E-state index in [-0.39, 0.29) is 0 Å². The molecular weight excluding hydrogens is 307 g/mol. The van der Waals surface area contributed by atoms with Crippen molar-refractivity contribution < 1.29 is 0 Å². The van der Waals surface area contributed by atoms with Gasteiger partial charge in [-0.2, -0.15) is 0 Å². The van der Waals surface area contributed by atoms with Gasteiger partial charge < -0.3 is 0 Å². The van der Waals surface area contributed by atoms with Crippen molar-refractivity contribution in [3.63, 3.8) is 0 Å². The molecule has 0 aliphatic heterocycles. The van der Waals surface area contributed by atoms with Gasteiger partial charge in [0.1, 0.15) is 4.84 Å². The molecule has 0 spiro atoms. The number of halogens is 3. The second-order valence-corrected chi connectivity index (χ2v) is 5.45. The van der Waals surface area contributed by atoms with Gasteiger partial charge in [-0.1, -0.05) is 46.3 Å². The summed E-state index contributed by atoms with van der Waals surface area (Å²) in [5.41, 5.74) is 3.18. The molecule has 0 heterocycles. The fourth-order valence-corrected chi connectivity index (χ4v) is 2.19. The molecule has 82 valence electrons. The molecule has 0 fully saturated rings. The molecule has 0 aliphatic rings. The third-order valence-electron chi connectivity index (χ3n) is 2.30. The monoisotopic (exact) mass is 314 g/mol. The Morgan fingerprint density at radius 1 is 0.875 bits per heavy atom. The summed E-state index contributed by atoms with van der Waals surface area (Å²) < 4.78 is 1.06. The molecule has 2 aromatic carbocycles. The largest absolute Gasteiger partial charge is 0.132 e. The zero-order chi connectivity index (χ0) is 11.5. The van der Waals surface area contributed by atoms with Crippen molar-refractivity contribution >= 4 is 39.1 Å². The summed E-state index contributed by atoms with van der Waals surface area (Å²) >= 11 is 15.2. The van der Waals surface area contributed by atoms with Gasteiger partial charge in [-0.3, -0.25) is 0 Å². The van der Waals surface area contributed by atoms with Gasteiger partial charge in [-0.15, -0.1) is 23.2 Å². The highest BCUT2D eigenvalue weighted by Crippen LogP contribution is 2.29. The molecule has 0 unspecified atom stereocenters. The fraction of sp³-hybridized carbons (Fsp3) is 0.0769. The molecule has 16 heavy (non-hydrogen) atoms. The standard InChI is InChI=1S/C13H9BrCl2/c14-12-6-2-4-10(8-12)9-3-1-5-11(7-9)13(15)16/h1-8,13H. The van der Waals surface area contributed by atoms with Gasteiger partial charge in [-0.05, 0) is 34.9 Å². The van der Waals surface area contributed by atoms with Crippen molar-refractivity contribution in [1.29, 1.82) is 0 Å². The number of benzene rings is 2. The van der Waals surface area contributed by atoms with Crippen LogP contribution in [0, 0.1) is 0 Å². The van der Waals surface area contributed by atoms with Crippen molar-refractivity contribution in [2.75, 3.05) is 0 Å². The highest BCUT2D eigenvalue weighted by atomic mass is 79.9. The fourth-order valence-electron chi connectivity index (χ4n) is 1.52. The van der Waals surface area contributed by atoms with E-state index in [1.54, 1.807) is 0 Å². The van der Waals surface area contributed by atoms with E-state index in [0.29, 0.717) is 0 Å². The van der Waals surface area contributed by atoms with Crippen LogP contribution >= 0.6 is 39.1 Å². The molecule has 3 heteroatoms. The Morgan fingerprint density at radius 3 is 2.12 bits per heavy atom. The van der Waals surface area contributed by atoms with Crippen LogP contribution in [-0.4, -0.2) is 0 Å². The first-order valence-electron chi connectivity index (χ1n) is 4.81. The van der Waals surface area contributed by atoms with Gasteiger partial charge in [0.2, 0.25) is 0 Å². The molecule has 0 aromatic heterocycles. The lowest BCUT2D eigenvalue weighted by Gasteiger charge is -2.06. The van der Waals surface area contributed by atoms with E-state index >= 15 is 0 Å². The summed E-state index contributed by atoms with van der Waals surface area (Å²) in [5, 5.41) is 0. The van der Waals surface area contributed by atoms with Crippen molar-refractivity contribution in [2.24, 2.45) is 0 Å². The van der Waals surface area contributed by atoms with E-state index in [1.807, 2.05) is 36.4 Å². The Hall–Kier alpha value is -0.500. The first-order valence-corrected chi connectivity index (χ1v) is 6.47. The molecule has 0 atom stereocenters. The molecule has 0 nitrogen and oxygen atoms in total. The van der Waals surface area contributed by atoms with Crippen molar-refractivity contribution in [1.82, 2.24) is 0 Å². The Morgan fingerprint density at radius 2 is 1.50 bits per heavy atom. The summed E-state index contributed by atoms with van der Waals surface area (Å²) in [6.45, 7) is 0. The lowest BCUT2D eigenvalue weighted by Crippen LogP contribution is -1.83. The van der Waals surface area contributed by atoms with Crippen LogP contribution in [0.3, 0.4) is 0 Å². The predicted molar refractivity (Wildman–Crippen MR) is 74.0 cm³/mol. The third-order valence-corrected chi connectivity index (χ3v) is 3.29. The van der Waals surface area contributed by atoms with Gasteiger partial charge in [0.25, 0.3) is 0 Å². The van der Waals surface area contributed by atoms with E-state index in [2.05, 4.69) is 28.1 Å². The average Bonchev–Trinajstić information content (AvgIpc) is 2.29. The molecule has 0 N–H and O–H groups in total. The van der Waals surface area contributed by atoms with Gasteiger partial charge >= 0.3 is 0 Å². The minimum absolute atomic E-state index is 0.480. The van der Waals surface area contributed by atoms with E-state index in [9.17, 15) is 0 Å². The summed E-state index contributed by atoms with van der Waals surface area (Å²) in [6.07, 6.45) is 0. The molecule has 0 saturated heterocycles. The van der Waals surface area contributed by atoms with E-state index in [1.165, 1.54) is 0 Å². The number of hydrogen-bond donors (Lipinski definition) is 0. The zero-order valence-corrected chi connectivity index (χ0v) is 11.4. The maximum Gasteiger partial charge on any atom is 0.132 e. The second kappa shape index (κ2) is 5.22. The van der Waals surface area contributed by atoms with Crippen molar-refractivity contribution in [3.05, 3.63) is 58.6 Å². The number of rotatable bonds is 2. The van der Waals surface area contributed by atoms with Crippen LogP contribution in [-0.2, 0) is 0 Å². The molecule has 2 aromatic rings. The zero-order valence-electron chi connectivity index (χ0n) is 8.33. The second-order valence-electron chi connectivity index (χ2n) is 3.44. The Bertz CT molecular complexity index is 495. The van der Waals surface area contributed by atoms with E-state index in [0.717, 1.165) is 21.2 Å². The van der Waals surface area contributed by atoms with Crippen LogP contribution in [0.2, 0.25) is 0 Å². The molecule has 0 radical (unpaired) electrons. The molecule has 0 aliphatic carbocycles.